The van der Waals surface area contributed by atoms with E-state index in [0.29, 0.717) is 24.6 Å². The van der Waals surface area contributed by atoms with Crippen LogP contribution in [0.1, 0.15) is 23.8 Å². The van der Waals surface area contributed by atoms with E-state index in [0.717, 1.165) is 23.5 Å². The van der Waals surface area contributed by atoms with Gasteiger partial charge in [0.05, 0.1) is 17.9 Å². The van der Waals surface area contributed by atoms with Crippen molar-refractivity contribution in [3.8, 4) is 0 Å². The van der Waals surface area contributed by atoms with Crippen LogP contribution in [0.5, 0.6) is 0 Å². The van der Waals surface area contributed by atoms with Crippen molar-refractivity contribution in [2.45, 2.75) is 25.8 Å². The van der Waals surface area contributed by atoms with Gasteiger partial charge in [0.1, 0.15) is 0 Å². The zero-order valence-corrected chi connectivity index (χ0v) is 14.1. The van der Waals surface area contributed by atoms with E-state index in [4.69, 9.17) is 0 Å². The van der Waals surface area contributed by atoms with Gasteiger partial charge in [-0.1, -0.05) is 0 Å². The SMILES string of the molecule is Cc1cnc(NC(=O)N2CC(n3cc(N4CCCC4=O)cn3)C2)s1. The first-order chi connectivity index (χ1) is 11.6. The van der Waals surface area contributed by atoms with Gasteiger partial charge in [0, 0.05) is 43.3 Å². The van der Waals surface area contributed by atoms with Crippen molar-refractivity contribution in [1.82, 2.24) is 19.7 Å². The number of hydrogen-bond donors (Lipinski definition) is 1. The van der Waals surface area contributed by atoms with Gasteiger partial charge in [-0.15, -0.1) is 11.3 Å². The number of carbonyl (C=O) groups excluding carboxylic acids is 2. The van der Waals surface area contributed by atoms with Gasteiger partial charge in [0.25, 0.3) is 0 Å². The fourth-order valence-electron chi connectivity index (χ4n) is 2.96. The zero-order chi connectivity index (χ0) is 16.7. The lowest BCUT2D eigenvalue weighted by molar-refractivity contribution is -0.117. The molecule has 0 bridgehead atoms. The minimum atomic E-state index is -0.136. The summed E-state index contributed by atoms with van der Waals surface area (Å²) >= 11 is 1.46. The summed E-state index contributed by atoms with van der Waals surface area (Å²) in [6.07, 6.45) is 6.87. The molecule has 0 atom stereocenters. The number of anilines is 2. The van der Waals surface area contributed by atoms with Crippen molar-refractivity contribution >= 4 is 34.1 Å². The molecule has 2 aromatic rings. The average Bonchev–Trinajstić information content (AvgIpc) is 3.19. The van der Waals surface area contributed by atoms with Gasteiger partial charge in [-0.05, 0) is 13.3 Å². The summed E-state index contributed by atoms with van der Waals surface area (Å²) in [4.78, 5) is 32.6. The van der Waals surface area contributed by atoms with Crippen LogP contribution >= 0.6 is 11.3 Å². The summed E-state index contributed by atoms with van der Waals surface area (Å²) in [5, 5.41) is 7.78. The maximum Gasteiger partial charge on any atom is 0.323 e. The molecule has 0 radical (unpaired) electrons. The van der Waals surface area contributed by atoms with E-state index >= 15 is 0 Å². The number of nitrogens with zero attached hydrogens (tertiary/aromatic N) is 5. The number of nitrogens with one attached hydrogen (secondary N) is 1. The summed E-state index contributed by atoms with van der Waals surface area (Å²) in [5.74, 6) is 0.155. The molecule has 0 unspecified atom stereocenters. The lowest BCUT2D eigenvalue weighted by Gasteiger charge is -2.38. The highest BCUT2D eigenvalue weighted by Gasteiger charge is 2.33. The Kier molecular flexibility index (Phi) is 3.72. The molecule has 1 N–H and O–H groups in total. The highest BCUT2D eigenvalue weighted by molar-refractivity contribution is 7.15. The lowest BCUT2D eigenvalue weighted by Crippen LogP contribution is -2.52. The minimum Gasteiger partial charge on any atom is -0.320 e. The van der Waals surface area contributed by atoms with E-state index < -0.39 is 0 Å². The molecule has 126 valence electrons. The molecule has 2 aliphatic heterocycles. The molecule has 0 aromatic carbocycles. The fourth-order valence-corrected chi connectivity index (χ4v) is 3.61. The third kappa shape index (κ3) is 2.75. The smallest absolute Gasteiger partial charge is 0.320 e. The quantitative estimate of drug-likeness (QED) is 0.919. The van der Waals surface area contributed by atoms with Crippen LogP contribution in [0.2, 0.25) is 0 Å². The first kappa shape index (κ1) is 15.1. The third-order valence-corrected chi connectivity index (χ3v) is 5.16. The number of amides is 3. The van der Waals surface area contributed by atoms with Gasteiger partial charge in [-0.25, -0.2) is 9.78 Å². The Morgan fingerprint density at radius 2 is 2.21 bits per heavy atom. The van der Waals surface area contributed by atoms with Crippen LogP contribution in [-0.2, 0) is 4.79 Å². The third-order valence-electron chi connectivity index (χ3n) is 4.33. The van der Waals surface area contributed by atoms with E-state index in [1.807, 2.05) is 17.8 Å². The summed E-state index contributed by atoms with van der Waals surface area (Å²) < 4.78 is 1.85. The number of hydrogen-bond acceptors (Lipinski definition) is 5. The molecule has 2 saturated heterocycles. The number of rotatable bonds is 3. The lowest BCUT2D eigenvalue weighted by atomic mass is 10.1. The van der Waals surface area contributed by atoms with Crippen molar-refractivity contribution in [2.75, 3.05) is 29.9 Å². The maximum absolute atomic E-state index is 12.1. The summed E-state index contributed by atoms with van der Waals surface area (Å²) in [7, 11) is 0. The molecule has 0 aliphatic carbocycles. The Morgan fingerprint density at radius 3 is 2.88 bits per heavy atom. The minimum absolute atomic E-state index is 0.136. The molecule has 2 aliphatic rings. The van der Waals surface area contributed by atoms with E-state index in [1.54, 1.807) is 22.2 Å². The predicted octanol–water partition coefficient (Wildman–Crippen LogP) is 1.86. The van der Waals surface area contributed by atoms with Crippen LogP contribution in [0.4, 0.5) is 15.6 Å². The largest absolute Gasteiger partial charge is 0.323 e. The zero-order valence-electron chi connectivity index (χ0n) is 13.3. The molecule has 24 heavy (non-hydrogen) atoms. The van der Waals surface area contributed by atoms with E-state index in [1.165, 1.54) is 11.3 Å². The van der Waals surface area contributed by atoms with Crippen LogP contribution < -0.4 is 10.2 Å². The van der Waals surface area contributed by atoms with E-state index in [2.05, 4.69) is 15.4 Å². The number of carbonyl (C=O) groups is 2. The van der Waals surface area contributed by atoms with Crippen LogP contribution in [0, 0.1) is 6.92 Å². The van der Waals surface area contributed by atoms with Gasteiger partial charge in [-0.2, -0.15) is 5.10 Å². The maximum atomic E-state index is 12.1. The molecule has 8 nitrogen and oxygen atoms in total. The van der Waals surface area contributed by atoms with Crippen molar-refractivity contribution in [3.63, 3.8) is 0 Å². The Hall–Kier alpha value is -2.42. The Bertz CT molecular complexity index is 779. The van der Waals surface area contributed by atoms with Crippen LogP contribution in [0.25, 0.3) is 0 Å². The molecule has 2 aromatic heterocycles. The highest BCUT2D eigenvalue weighted by atomic mass is 32.1. The van der Waals surface area contributed by atoms with Gasteiger partial charge < -0.3 is 9.80 Å². The van der Waals surface area contributed by atoms with Crippen molar-refractivity contribution < 1.29 is 9.59 Å². The standard InChI is InChI=1S/C15H18N6O2S/c1-10-5-16-14(24-10)18-15(23)19-7-12(8-19)21-9-11(6-17-21)20-4-2-3-13(20)22/h5-6,9,12H,2-4,7-8H2,1H3,(H,16,18,23). The first-order valence-electron chi connectivity index (χ1n) is 7.93. The number of likely N-dealkylation sites (tertiary alicyclic amines) is 1. The summed E-state index contributed by atoms with van der Waals surface area (Å²) in [6.45, 7) is 3.92. The molecule has 2 fully saturated rings. The summed E-state index contributed by atoms with van der Waals surface area (Å²) in [6, 6.07) is 0.0166. The van der Waals surface area contributed by atoms with Gasteiger partial charge in [0.2, 0.25) is 5.91 Å². The van der Waals surface area contributed by atoms with Crippen LogP contribution in [-0.4, -0.2) is 51.2 Å². The Morgan fingerprint density at radius 1 is 1.38 bits per heavy atom. The van der Waals surface area contributed by atoms with Crippen LogP contribution in [0.15, 0.2) is 18.6 Å². The number of aryl methyl sites for hydroxylation is 1. The Balaban J connectivity index is 1.33. The molecular formula is C15H18N6O2S. The van der Waals surface area contributed by atoms with Gasteiger partial charge in [-0.3, -0.25) is 14.8 Å². The summed E-state index contributed by atoms with van der Waals surface area (Å²) in [5.41, 5.74) is 0.846. The number of thiazole rings is 1. The van der Waals surface area contributed by atoms with Crippen molar-refractivity contribution in [1.29, 1.82) is 0 Å². The molecule has 0 spiro atoms. The number of aromatic nitrogens is 3. The van der Waals surface area contributed by atoms with Crippen LogP contribution in [0.3, 0.4) is 0 Å². The first-order valence-corrected chi connectivity index (χ1v) is 8.74. The molecule has 9 heteroatoms. The monoisotopic (exact) mass is 346 g/mol. The average molecular weight is 346 g/mol. The second-order valence-corrected chi connectivity index (χ2v) is 7.33. The molecule has 4 rings (SSSR count). The number of urea groups is 1. The van der Waals surface area contributed by atoms with Gasteiger partial charge in [0.15, 0.2) is 5.13 Å². The van der Waals surface area contributed by atoms with E-state index in [9.17, 15) is 9.59 Å². The molecular weight excluding hydrogens is 328 g/mol. The Labute approximate surface area is 143 Å². The second kappa shape index (κ2) is 5.90. The second-order valence-electron chi connectivity index (χ2n) is 6.09. The molecule has 0 saturated carbocycles. The van der Waals surface area contributed by atoms with Gasteiger partial charge >= 0.3 is 6.03 Å². The fraction of sp³-hybridized carbons (Fsp3) is 0.467. The molecule has 3 amide bonds. The predicted molar refractivity (Wildman–Crippen MR) is 90.3 cm³/mol. The highest BCUT2D eigenvalue weighted by Crippen LogP contribution is 2.26. The normalized spacial score (nSPS) is 18.1. The molecule has 4 heterocycles. The van der Waals surface area contributed by atoms with Crippen molar-refractivity contribution in [3.05, 3.63) is 23.5 Å². The van der Waals surface area contributed by atoms with Crippen molar-refractivity contribution in [2.24, 2.45) is 0 Å². The van der Waals surface area contributed by atoms with E-state index in [-0.39, 0.29) is 18.0 Å². The topological polar surface area (TPSA) is 83.4 Å².